The maximum absolute atomic E-state index is 4.27. The van der Waals surface area contributed by atoms with Crippen LogP contribution in [-0.2, 0) is 0 Å². The third-order valence-electron chi connectivity index (χ3n) is 1.43. The Kier molecular flexibility index (Phi) is 2.16. The van der Waals surface area contributed by atoms with Gasteiger partial charge >= 0.3 is 0 Å². The zero-order valence-corrected chi connectivity index (χ0v) is 5.99. The van der Waals surface area contributed by atoms with Crippen LogP contribution in [0.4, 0.5) is 0 Å². The maximum atomic E-state index is 4.27. The normalized spacial score (nSPS) is 33.0. The molecule has 8 heavy (non-hydrogen) atoms. The van der Waals surface area contributed by atoms with Crippen LogP contribution in [0.2, 0.25) is 0 Å². The number of nitrogens with one attached hydrogen (secondary N) is 1. The van der Waals surface area contributed by atoms with Crippen molar-refractivity contribution in [2.24, 2.45) is 0 Å². The topological polar surface area (TPSA) is 15.3 Å². The summed E-state index contributed by atoms with van der Waals surface area (Å²) in [7, 11) is 2.07. The van der Waals surface area contributed by atoms with E-state index < -0.39 is 0 Å². The number of nitrogens with zero attached hydrogens (tertiary/aromatic N) is 1. The van der Waals surface area contributed by atoms with Crippen molar-refractivity contribution in [2.45, 2.75) is 11.9 Å². The Hall–Kier alpha value is 0.270. The average Bonchev–Trinajstić information content (AvgIpc) is 1.77. The molecule has 1 fully saturated rings. The van der Waals surface area contributed by atoms with E-state index in [1.807, 2.05) is 0 Å². The van der Waals surface area contributed by atoms with Gasteiger partial charge in [-0.25, -0.2) is 0 Å². The lowest BCUT2D eigenvalue weighted by molar-refractivity contribution is 0.236. The second-order valence-electron chi connectivity index (χ2n) is 2.16. The van der Waals surface area contributed by atoms with Crippen LogP contribution in [0.1, 0.15) is 6.42 Å². The van der Waals surface area contributed by atoms with Crippen LogP contribution in [0.3, 0.4) is 0 Å². The molecule has 48 valence electrons. The van der Waals surface area contributed by atoms with E-state index in [0.29, 0.717) is 0 Å². The van der Waals surface area contributed by atoms with Crippen LogP contribution in [-0.4, -0.2) is 30.5 Å². The Morgan fingerprint density at radius 1 is 1.75 bits per heavy atom. The molecule has 0 radical (unpaired) electrons. The fraction of sp³-hybridized carbons (Fsp3) is 1.00. The minimum Gasteiger partial charge on any atom is -0.293 e. The summed E-state index contributed by atoms with van der Waals surface area (Å²) in [5.41, 5.74) is 0.281. The van der Waals surface area contributed by atoms with Crippen molar-refractivity contribution in [3.8, 4) is 0 Å². The zero-order chi connectivity index (χ0) is 5.98. The molecule has 0 aliphatic carbocycles. The lowest BCUT2D eigenvalue weighted by atomic mass is 10.3. The second kappa shape index (κ2) is 2.71. The quantitative estimate of drug-likeness (QED) is 0.455. The van der Waals surface area contributed by atoms with Crippen LogP contribution < -0.4 is 5.32 Å². The first-order valence-electron chi connectivity index (χ1n) is 2.92. The number of rotatable bonds is 0. The Balaban J connectivity index is 2.28. The average molecular weight is 132 g/mol. The number of hydrogen-bond donors (Lipinski definition) is 2. The first kappa shape index (κ1) is 6.39. The Morgan fingerprint density at radius 2 is 2.50 bits per heavy atom. The predicted molar refractivity (Wildman–Crippen MR) is 38.0 cm³/mol. The Labute approximate surface area is 55.7 Å². The van der Waals surface area contributed by atoms with Crippen LogP contribution in [0.25, 0.3) is 0 Å². The van der Waals surface area contributed by atoms with Gasteiger partial charge in [0.1, 0.15) is 5.50 Å². The molecule has 0 aromatic rings. The van der Waals surface area contributed by atoms with Crippen LogP contribution >= 0.6 is 12.6 Å². The summed E-state index contributed by atoms with van der Waals surface area (Å²) < 4.78 is 0. The molecule has 1 aliphatic heterocycles. The van der Waals surface area contributed by atoms with E-state index in [0.717, 1.165) is 6.54 Å². The summed E-state index contributed by atoms with van der Waals surface area (Å²) in [5, 5.41) is 3.22. The van der Waals surface area contributed by atoms with Gasteiger partial charge in [0.2, 0.25) is 0 Å². The third kappa shape index (κ3) is 1.37. The molecular formula is C5H12N2S. The van der Waals surface area contributed by atoms with Crippen LogP contribution in [0, 0.1) is 0 Å². The molecule has 0 aromatic carbocycles. The van der Waals surface area contributed by atoms with Gasteiger partial charge in [-0.3, -0.25) is 10.2 Å². The van der Waals surface area contributed by atoms with E-state index in [4.69, 9.17) is 0 Å². The molecule has 1 aliphatic rings. The third-order valence-corrected chi connectivity index (χ3v) is 2.01. The molecule has 1 saturated heterocycles. The molecule has 1 unspecified atom stereocenters. The molecule has 1 heterocycles. The Morgan fingerprint density at radius 3 is 2.88 bits per heavy atom. The highest BCUT2D eigenvalue weighted by atomic mass is 32.1. The van der Waals surface area contributed by atoms with Gasteiger partial charge in [-0.1, -0.05) is 0 Å². The molecule has 3 heteroatoms. The monoisotopic (exact) mass is 132 g/mol. The van der Waals surface area contributed by atoms with Crippen molar-refractivity contribution in [1.82, 2.24) is 10.2 Å². The molecule has 2 nitrogen and oxygen atoms in total. The van der Waals surface area contributed by atoms with Gasteiger partial charge in [0, 0.05) is 6.54 Å². The van der Waals surface area contributed by atoms with Crippen molar-refractivity contribution in [1.29, 1.82) is 0 Å². The zero-order valence-electron chi connectivity index (χ0n) is 5.09. The van der Waals surface area contributed by atoms with E-state index >= 15 is 0 Å². The molecule has 0 amide bonds. The van der Waals surface area contributed by atoms with Crippen molar-refractivity contribution in [3.63, 3.8) is 0 Å². The van der Waals surface area contributed by atoms with Crippen LogP contribution in [0.15, 0.2) is 0 Å². The molecule has 0 bridgehead atoms. The molecular weight excluding hydrogens is 120 g/mol. The number of thiol groups is 1. The standard InChI is InChI=1S/C5H12N2S/c1-7-4-2-3-6-5(7)8/h5-6,8H,2-4H2,1H3. The van der Waals surface area contributed by atoms with Gasteiger partial charge in [0.15, 0.2) is 0 Å². The summed E-state index contributed by atoms with van der Waals surface area (Å²) >= 11 is 4.27. The van der Waals surface area contributed by atoms with Crippen LogP contribution in [0.5, 0.6) is 0 Å². The first-order valence-corrected chi connectivity index (χ1v) is 3.44. The van der Waals surface area contributed by atoms with Gasteiger partial charge in [-0.15, -0.1) is 12.6 Å². The molecule has 0 saturated carbocycles. The van der Waals surface area contributed by atoms with Crippen molar-refractivity contribution in [2.75, 3.05) is 20.1 Å². The Bertz CT molecular complexity index is 66.8. The molecule has 1 atom stereocenters. The van der Waals surface area contributed by atoms with E-state index in [9.17, 15) is 0 Å². The predicted octanol–water partition coefficient (Wildman–Crippen LogP) is 0.125. The van der Waals surface area contributed by atoms with E-state index in [1.165, 1.54) is 13.0 Å². The van der Waals surface area contributed by atoms with Gasteiger partial charge in [-0.05, 0) is 20.0 Å². The highest BCUT2D eigenvalue weighted by Crippen LogP contribution is 2.02. The van der Waals surface area contributed by atoms with E-state index in [2.05, 4.69) is 29.9 Å². The highest BCUT2D eigenvalue weighted by Gasteiger charge is 2.12. The minimum atomic E-state index is 0.281. The van der Waals surface area contributed by atoms with Crippen molar-refractivity contribution < 1.29 is 0 Å². The van der Waals surface area contributed by atoms with Crippen molar-refractivity contribution >= 4 is 12.6 Å². The summed E-state index contributed by atoms with van der Waals surface area (Å²) in [5.74, 6) is 0. The molecule has 1 N–H and O–H groups in total. The molecule has 0 aromatic heterocycles. The van der Waals surface area contributed by atoms with Gasteiger partial charge in [0.05, 0.1) is 0 Å². The van der Waals surface area contributed by atoms with Gasteiger partial charge < -0.3 is 0 Å². The molecule has 0 spiro atoms. The fourth-order valence-electron chi connectivity index (χ4n) is 0.838. The largest absolute Gasteiger partial charge is 0.293 e. The van der Waals surface area contributed by atoms with Gasteiger partial charge in [0.25, 0.3) is 0 Å². The highest BCUT2D eigenvalue weighted by molar-refractivity contribution is 7.80. The van der Waals surface area contributed by atoms with E-state index in [-0.39, 0.29) is 5.50 Å². The smallest absolute Gasteiger partial charge is 0.105 e. The maximum Gasteiger partial charge on any atom is 0.105 e. The van der Waals surface area contributed by atoms with E-state index in [1.54, 1.807) is 0 Å². The fourth-order valence-corrected chi connectivity index (χ4v) is 1.08. The lowest BCUT2D eigenvalue weighted by Crippen LogP contribution is -2.45. The lowest BCUT2D eigenvalue weighted by Gasteiger charge is -2.29. The summed E-state index contributed by atoms with van der Waals surface area (Å²) in [4.78, 5) is 2.19. The summed E-state index contributed by atoms with van der Waals surface area (Å²) in [6, 6.07) is 0. The minimum absolute atomic E-state index is 0.281. The second-order valence-corrected chi connectivity index (χ2v) is 2.65. The molecule has 1 rings (SSSR count). The van der Waals surface area contributed by atoms with Gasteiger partial charge in [-0.2, -0.15) is 0 Å². The first-order chi connectivity index (χ1) is 3.80. The van der Waals surface area contributed by atoms with Crippen molar-refractivity contribution in [3.05, 3.63) is 0 Å². The summed E-state index contributed by atoms with van der Waals surface area (Å²) in [6.07, 6.45) is 1.24. The summed E-state index contributed by atoms with van der Waals surface area (Å²) in [6.45, 7) is 2.28. The number of hydrogen-bond acceptors (Lipinski definition) is 3. The SMILES string of the molecule is CN1CCCNC1S.